The Balaban J connectivity index is 2.45. The molecule has 0 atom stereocenters. The predicted molar refractivity (Wildman–Crippen MR) is 72.7 cm³/mol. The minimum Gasteiger partial charge on any atom is -0.315 e. The number of amides is 2. The van der Waals surface area contributed by atoms with Crippen LogP contribution in [0.5, 0.6) is 0 Å². The van der Waals surface area contributed by atoms with Gasteiger partial charge in [0.1, 0.15) is 5.82 Å². The number of hydrogen-bond acceptors (Lipinski definition) is 2. The second-order valence-electron chi connectivity index (χ2n) is 4.66. The molecule has 2 amide bonds. The molecule has 0 bridgehead atoms. The molecule has 17 heavy (non-hydrogen) atoms. The Kier molecular flexibility index (Phi) is 4.69. The van der Waals surface area contributed by atoms with Gasteiger partial charge in [-0.05, 0) is 33.5 Å². The van der Waals surface area contributed by atoms with Crippen molar-refractivity contribution in [2.45, 2.75) is 20.8 Å². The molecule has 5 heteroatoms. The first kappa shape index (κ1) is 13.7. The maximum Gasteiger partial charge on any atom is 0.324 e. The lowest BCUT2D eigenvalue weighted by Gasteiger charge is -2.11. The normalized spacial score (nSPS) is 11.5. The third-order valence-corrected chi connectivity index (χ3v) is 2.24. The van der Waals surface area contributed by atoms with Gasteiger partial charge in [-0.3, -0.25) is 5.32 Å². The van der Waals surface area contributed by atoms with E-state index >= 15 is 0 Å². The number of carbonyl (C=O) groups excluding carboxylic acids is 1. The number of allylic oxidation sites excluding steroid dienone is 1. The van der Waals surface area contributed by atoms with Gasteiger partial charge in [0, 0.05) is 16.9 Å². The van der Waals surface area contributed by atoms with Crippen LogP contribution in [0.4, 0.5) is 10.6 Å². The van der Waals surface area contributed by atoms with Crippen LogP contribution in [-0.4, -0.2) is 11.0 Å². The summed E-state index contributed by atoms with van der Waals surface area (Å²) in [4.78, 5) is 15.5. The van der Waals surface area contributed by atoms with E-state index in [9.17, 15) is 4.79 Å². The molecule has 1 heterocycles. The largest absolute Gasteiger partial charge is 0.324 e. The molecule has 1 aromatic heterocycles. The molecule has 0 fully saturated rings. The summed E-state index contributed by atoms with van der Waals surface area (Å²) >= 11 is 3.27. The van der Waals surface area contributed by atoms with Gasteiger partial charge >= 0.3 is 6.03 Å². The van der Waals surface area contributed by atoms with Crippen LogP contribution >= 0.6 is 15.9 Å². The molecule has 92 valence electrons. The molecule has 0 spiro atoms. The van der Waals surface area contributed by atoms with Crippen LogP contribution < -0.4 is 10.6 Å². The van der Waals surface area contributed by atoms with E-state index < -0.39 is 0 Å². The summed E-state index contributed by atoms with van der Waals surface area (Å²) in [6.07, 6.45) is 5.18. The van der Waals surface area contributed by atoms with Crippen molar-refractivity contribution in [3.63, 3.8) is 0 Å². The lowest BCUT2D eigenvalue weighted by atomic mass is 9.97. The van der Waals surface area contributed by atoms with E-state index in [0.29, 0.717) is 5.82 Å². The van der Waals surface area contributed by atoms with Crippen molar-refractivity contribution in [1.29, 1.82) is 0 Å². The smallest absolute Gasteiger partial charge is 0.315 e. The van der Waals surface area contributed by atoms with Crippen molar-refractivity contribution in [2.75, 3.05) is 5.32 Å². The van der Waals surface area contributed by atoms with E-state index in [-0.39, 0.29) is 11.4 Å². The average Bonchev–Trinajstić information content (AvgIpc) is 2.19. The fourth-order valence-electron chi connectivity index (χ4n) is 0.970. The van der Waals surface area contributed by atoms with Crippen molar-refractivity contribution >= 4 is 27.8 Å². The van der Waals surface area contributed by atoms with E-state index in [1.54, 1.807) is 18.5 Å². The summed E-state index contributed by atoms with van der Waals surface area (Å²) in [5.41, 5.74) is 0.0448. The van der Waals surface area contributed by atoms with Crippen LogP contribution in [0.3, 0.4) is 0 Å². The van der Waals surface area contributed by atoms with E-state index in [4.69, 9.17) is 0 Å². The fraction of sp³-hybridized carbons (Fsp3) is 0.333. The molecule has 2 N–H and O–H groups in total. The molecule has 0 saturated carbocycles. The zero-order valence-electron chi connectivity index (χ0n) is 10.1. The standard InChI is InChI=1S/C12H16BrN3O/c1-12(2,3)6-7-14-11(17)16-10-5-4-9(13)8-15-10/h4-8H,1-3H3,(H2,14,15,16,17)/b7-6+. The Morgan fingerprint density at radius 1 is 1.41 bits per heavy atom. The average molecular weight is 298 g/mol. The van der Waals surface area contributed by atoms with Crippen molar-refractivity contribution in [1.82, 2.24) is 10.3 Å². The summed E-state index contributed by atoms with van der Waals surface area (Å²) in [6.45, 7) is 6.16. The Labute approximate surface area is 110 Å². The van der Waals surface area contributed by atoms with Crippen LogP contribution in [0, 0.1) is 5.41 Å². The molecule has 0 saturated heterocycles. The maximum atomic E-state index is 11.5. The van der Waals surface area contributed by atoms with Gasteiger partial charge in [0.05, 0.1) is 0 Å². The third-order valence-electron chi connectivity index (χ3n) is 1.77. The number of nitrogens with zero attached hydrogens (tertiary/aromatic N) is 1. The van der Waals surface area contributed by atoms with Crippen molar-refractivity contribution < 1.29 is 4.79 Å². The molecule has 0 aromatic carbocycles. The minimum absolute atomic E-state index is 0.0448. The molecule has 0 aliphatic heterocycles. The SMILES string of the molecule is CC(C)(C)/C=C/NC(=O)Nc1ccc(Br)cn1. The molecular formula is C12H16BrN3O. The minimum atomic E-state index is -0.305. The van der Waals surface area contributed by atoms with Gasteiger partial charge in [0.15, 0.2) is 0 Å². The molecule has 1 rings (SSSR count). The summed E-state index contributed by atoms with van der Waals surface area (Å²) in [5.74, 6) is 0.509. The first-order valence-corrected chi connectivity index (χ1v) is 6.03. The van der Waals surface area contributed by atoms with Gasteiger partial charge in [0.2, 0.25) is 0 Å². The van der Waals surface area contributed by atoms with Gasteiger partial charge in [-0.2, -0.15) is 0 Å². The Morgan fingerprint density at radius 3 is 2.65 bits per heavy atom. The van der Waals surface area contributed by atoms with Crippen LogP contribution in [0.25, 0.3) is 0 Å². The van der Waals surface area contributed by atoms with Gasteiger partial charge in [-0.25, -0.2) is 9.78 Å². The van der Waals surface area contributed by atoms with Crippen LogP contribution in [0.2, 0.25) is 0 Å². The van der Waals surface area contributed by atoms with Crippen molar-refractivity contribution in [3.8, 4) is 0 Å². The van der Waals surface area contributed by atoms with E-state index in [0.717, 1.165) is 4.47 Å². The lowest BCUT2D eigenvalue weighted by Crippen LogP contribution is -2.24. The Morgan fingerprint density at radius 2 is 2.12 bits per heavy atom. The molecule has 0 aliphatic rings. The van der Waals surface area contributed by atoms with Crippen LogP contribution in [0.15, 0.2) is 35.1 Å². The number of pyridine rings is 1. The second-order valence-corrected chi connectivity index (χ2v) is 5.58. The monoisotopic (exact) mass is 297 g/mol. The highest BCUT2D eigenvalue weighted by molar-refractivity contribution is 9.10. The molecule has 0 aliphatic carbocycles. The van der Waals surface area contributed by atoms with Crippen LogP contribution in [-0.2, 0) is 0 Å². The van der Waals surface area contributed by atoms with E-state index in [1.165, 1.54) is 0 Å². The molecule has 4 nitrogen and oxygen atoms in total. The molecule has 0 radical (unpaired) electrons. The van der Waals surface area contributed by atoms with Gasteiger partial charge in [0.25, 0.3) is 0 Å². The zero-order valence-corrected chi connectivity index (χ0v) is 11.7. The summed E-state index contributed by atoms with van der Waals surface area (Å²) < 4.78 is 0.871. The molecular weight excluding hydrogens is 282 g/mol. The molecule has 1 aromatic rings. The highest BCUT2D eigenvalue weighted by Crippen LogP contribution is 2.13. The van der Waals surface area contributed by atoms with Crippen molar-refractivity contribution in [3.05, 3.63) is 35.1 Å². The third kappa shape index (κ3) is 6.06. The highest BCUT2D eigenvalue weighted by Gasteiger charge is 2.04. The van der Waals surface area contributed by atoms with E-state index in [1.807, 2.05) is 12.1 Å². The zero-order chi connectivity index (χ0) is 12.9. The molecule has 0 unspecified atom stereocenters. The number of urea groups is 1. The number of halogens is 1. The number of hydrogen-bond donors (Lipinski definition) is 2. The maximum absolute atomic E-state index is 11.5. The van der Waals surface area contributed by atoms with Crippen LogP contribution in [0.1, 0.15) is 20.8 Å². The summed E-state index contributed by atoms with van der Waals surface area (Å²) in [5, 5.41) is 5.24. The van der Waals surface area contributed by atoms with E-state index in [2.05, 4.69) is 52.3 Å². The number of nitrogens with one attached hydrogen (secondary N) is 2. The number of aromatic nitrogens is 1. The number of anilines is 1. The fourth-order valence-corrected chi connectivity index (χ4v) is 1.20. The van der Waals surface area contributed by atoms with Gasteiger partial charge in [-0.15, -0.1) is 0 Å². The Hall–Kier alpha value is -1.36. The van der Waals surface area contributed by atoms with Gasteiger partial charge < -0.3 is 5.32 Å². The second kappa shape index (κ2) is 5.82. The van der Waals surface area contributed by atoms with Gasteiger partial charge in [-0.1, -0.05) is 26.8 Å². The Bertz CT molecular complexity index is 407. The summed E-state index contributed by atoms with van der Waals surface area (Å²) in [7, 11) is 0. The summed E-state index contributed by atoms with van der Waals surface area (Å²) in [6, 6.07) is 3.23. The first-order chi connectivity index (χ1) is 7.87. The topological polar surface area (TPSA) is 54.0 Å². The van der Waals surface area contributed by atoms with Crippen molar-refractivity contribution in [2.24, 2.45) is 5.41 Å². The predicted octanol–water partition coefficient (Wildman–Crippen LogP) is 3.53. The first-order valence-electron chi connectivity index (χ1n) is 5.23. The number of carbonyl (C=O) groups is 1. The lowest BCUT2D eigenvalue weighted by molar-refractivity contribution is 0.255. The quantitative estimate of drug-likeness (QED) is 0.877. The highest BCUT2D eigenvalue weighted by atomic mass is 79.9. The number of rotatable bonds is 2.